The first-order valence-electron chi connectivity index (χ1n) is 5.45. The molecule has 1 aliphatic carbocycles. The van der Waals surface area contributed by atoms with E-state index >= 15 is 0 Å². The average molecular weight is 224 g/mol. The van der Waals surface area contributed by atoms with Crippen LogP contribution in [0.25, 0.3) is 0 Å². The smallest absolute Gasteiger partial charge is 0.181 e. The maximum absolute atomic E-state index is 12.1. The zero-order valence-electron chi connectivity index (χ0n) is 8.89. The number of sulfone groups is 1. The summed E-state index contributed by atoms with van der Waals surface area (Å²) in [5.74, 6) is 0.403. The number of hydrogen-bond acceptors (Lipinski definition) is 2. The first kappa shape index (κ1) is 10.7. The van der Waals surface area contributed by atoms with Crippen molar-refractivity contribution in [2.75, 3.05) is 0 Å². The molecule has 0 bridgehead atoms. The average Bonchev–Trinajstić information content (AvgIpc) is 3.00. The lowest BCUT2D eigenvalue weighted by Crippen LogP contribution is -2.09. The highest BCUT2D eigenvalue weighted by atomic mass is 32.2. The normalized spacial score (nSPS) is 25.1. The molecule has 0 N–H and O–H groups in total. The summed E-state index contributed by atoms with van der Waals surface area (Å²) in [4.78, 5) is 0.480. The van der Waals surface area contributed by atoms with Gasteiger partial charge in [-0.1, -0.05) is 31.5 Å². The molecule has 0 amide bonds. The lowest BCUT2D eigenvalue weighted by atomic mass is 10.2. The third-order valence-electron chi connectivity index (χ3n) is 2.99. The van der Waals surface area contributed by atoms with Gasteiger partial charge in [-0.25, -0.2) is 8.42 Å². The molecule has 1 aromatic carbocycles. The summed E-state index contributed by atoms with van der Waals surface area (Å²) in [5.41, 5.74) is 0. The molecule has 0 heterocycles. The van der Waals surface area contributed by atoms with E-state index in [-0.39, 0.29) is 5.25 Å². The quantitative estimate of drug-likeness (QED) is 0.788. The standard InChI is InChI=1S/C12H16O2S/c1-2-6-10-9-12(10)15(13,14)11-7-4-3-5-8-11/h3-5,7-8,10,12H,2,6,9H2,1H3/t10-,12-/m0/s1. The van der Waals surface area contributed by atoms with Crippen LogP contribution in [0.5, 0.6) is 0 Å². The Kier molecular flexibility index (Phi) is 2.83. The van der Waals surface area contributed by atoms with E-state index in [1.54, 1.807) is 24.3 Å². The molecule has 0 unspecified atom stereocenters. The van der Waals surface area contributed by atoms with Crippen LogP contribution in [0.3, 0.4) is 0 Å². The minimum Gasteiger partial charge on any atom is -0.223 e. The molecule has 1 aromatic rings. The van der Waals surface area contributed by atoms with Crippen molar-refractivity contribution in [1.82, 2.24) is 0 Å². The molecule has 2 rings (SSSR count). The lowest BCUT2D eigenvalue weighted by Gasteiger charge is -2.02. The molecule has 1 fully saturated rings. The number of benzene rings is 1. The maximum Gasteiger partial charge on any atom is 0.181 e. The van der Waals surface area contributed by atoms with Crippen molar-refractivity contribution in [3.05, 3.63) is 30.3 Å². The van der Waals surface area contributed by atoms with Crippen LogP contribution in [0, 0.1) is 5.92 Å². The minimum absolute atomic E-state index is 0.111. The summed E-state index contributed by atoms with van der Waals surface area (Å²) < 4.78 is 24.2. The summed E-state index contributed by atoms with van der Waals surface area (Å²) in [6.07, 6.45) is 2.97. The van der Waals surface area contributed by atoms with Crippen molar-refractivity contribution in [3.63, 3.8) is 0 Å². The van der Waals surface area contributed by atoms with Gasteiger partial charge in [0.25, 0.3) is 0 Å². The molecule has 0 spiro atoms. The summed E-state index contributed by atoms with van der Waals surface area (Å²) in [7, 11) is -3.04. The molecule has 3 heteroatoms. The van der Waals surface area contributed by atoms with E-state index in [4.69, 9.17) is 0 Å². The van der Waals surface area contributed by atoms with E-state index in [0.717, 1.165) is 19.3 Å². The van der Waals surface area contributed by atoms with Gasteiger partial charge >= 0.3 is 0 Å². The van der Waals surface area contributed by atoms with Crippen molar-refractivity contribution in [3.8, 4) is 0 Å². The molecule has 0 saturated heterocycles. The van der Waals surface area contributed by atoms with Gasteiger partial charge in [0.1, 0.15) is 0 Å². The van der Waals surface area contributed by atoms with Crippen LogP contribution in [0.1, 0.15) is 26.2 Å². The molecule has 1 saturated carbocycles. The van der Waals surface area contributed by atoms with E-state index in [1.807, 2.05) is 6.07 Å². The van der Waals surface area contributed by atoms with Crippen molar-refractivity contribution in [2.24, 2.45) is 5.92 Å². The zero-order valence-corrected chi connectivity index (χ0v) is 9.70. The number of hydrogen-bond donors (Lipinski definition) is 0. The van der Waals surface area contributed by atoms with Gasteiger partial charge in [0, 0.05) is 0 Å². The fraction of sp³-hybridized carbons (Fsp3) is 0.500. The van der Waals surface area contributed by atoms with E-state index in [2.05, 4.69) is 6.92 Å². The van der Waals surface area contributed by atoms with Crippen molar-refractivity contribution in [2.45, 2.75) is 36.3 Å². The fourth-order valence-electron chi connectivity index (χ4n) is 2.06. The monoisotopic (exact) mass is 224 g/mol. The van der Waals surface area contributed by atoms with E-state index in [0.29, 0.717) is 10.8 Å². The Morgan fingerprint density at radius 1 is 1.27 bits per heavy atom. The van der Waals surface area contributed by atoms with Crippen LogP contribution in [0.15, 0.2) is 35.2 Å². The Morgan fingerprint density at radius 2 is 1.93 bits per heavy atom. The van der Waals surface area contributed by atoms with Gasteiger partial charge < -0.3 is 0 Å². The third kappa shape index (κ3) is 2.07. The first-order valence-corrected chi connectivity index (χ1v) is 7.00. The Labute approximate surface area is 91.2 Å². The highest BCUT2D eigenvalue weighted by molar-refractivity contribution is 7.92. The summed E-state index contributed by atoms with van der Waals surface area (Å²) in [5, 5.41) is -0.111. The zero-order chi connectivity index (χ0) is 10.9. The molecule has 82 valence electrons. The van der Waals surface area contributed by atoms with E-state index in [9.17, 15) is 8.42 Å². The van der Waals surface area contributed by atoms with Crippen LogP contribution in [0.4, 0.5) is 0 Å². The van der Waals surface area contributed by atoms with Crippen molar-refractivity contribution >= 4 is 9.84 Å². The van der Waals surface area contributed by atoms with Gasteiger partial charge in [-0.15, -0.1) is 0 Å². The lowest BCUT2D eigenvalue weighted by molar-refractivity contribution is 0.589. The Hall–Kier alpha value is -0.830. The predicted octanol–water partition coefficient (Wildman–Crippen LogP) is 2.65. The molecule has 2 nitrogen and oxygen atoms in total. The molecule has 15 heavy (non-hydrogen) atoms. The molecule has 0 radical (unpaired) electrons. The summed E-state index contributed by atoms with van der Waals surface area (Å²) in [6, 6.07) is 8.79. The van der Waals surface area contributed by atoms with Crippen LogP contribution in [-0.4, -0.2) is 13.7 Å². The van der Waals surface area contributed by atoms with Gasteiger partial charge in [0.2, 0.25) is 0 Å². The predicted molar refractivity (Wildman–Crippen MR) is 60.4 cm³/mol. The van der Waals surface area contributed by atoms with Gasteiger partial charge in [0.05, 0.1) is 10.1 Å². The number of rotatable bonds is 4. The Balaban J connectivity index is 2.16. The fourth-order valence-corrected chi connectivity index (χ4v) is 4.09. The second-order valence-corrected chi connectivity index (χ2v) is 6.35. The molecule has 0 aliphatic heterocycles. The van der Waals surface area contributed by atoms with Gasteiger partial charge in [-0.3, -0.25) is 0 Å². The van der Waals surface area contributed by atoms with Crippen LogP contribution >= 0.6 is 0 Å². The molecular formula is C12H16O2S. The minimum atomic E-state index is -3.04. The molecule has 0 aromatic heterocycles. The SMILES string of the molecule is CCC[C@H]1C[C@@H]1S(=O)(=O)c1ccccc1. The topological polar surface area (TPSA) is 34.1 Å². The summed E-state index contributed by atoms with van der Waals surface area (Å²) >= 11 is 0. The Morgan fingerprint density at radius 3 is 2.53 bits per heavy atom. The molecule has 2 atom stereocenters. The van der Waals surface area contributed by atoms with E-state index < -0.39 is 9.84 Å². The molecular weight excluding hydrogens is 208 g/mol. The first-order chi connectivity index (χ1) is 7.16. The van der Waals surface area contributed by atoms with Crippen LogP contribution < -0.4 is 0 Å². The van der Waals surface area contributed by atoms with Gasteiger partial charge in [-0.2, -0.15) is 0 Å². The largest absolute Gasteiger partial charge is 0.223 e. The van der Waals surface area contributed by atoms with Crippen LogP contribution in [0.2, 0.25) is 0 Å². The summed E-state index contributed by atoms with van der Waals surface area (Å²) in [6.45, 7) is 2.10. The second kappa shape index (κ2) is 3.97. The van der Waals surface area contributed by atoms with Gasteiger partial charge in [0.15, 0.2) is 9.84 Å². The van der Waals surface area contributed by atoms with E-state index in [1.165, 1.54) is 0 Å². The highest BCUT2D eigenvalue weighted by Crippen LogP contribution is 2.43. The van der Waals surface area contributed by atoms with Gasteiger partial charge in [-0.05, 0) is 30.9 Å². The third-order valence-corrected chi connectivity index (χ3v) is 5.29. The second-order valence-electron chi connectivity index (χ2n) is 4.18. The highest BCUT2D eigenvalue weighted by Gasteiger charge is 2.46. The van der Waals surface area contributed by atoms with Crippen LogP contribution in [-0.2, 0) is 9.84 Å². The van der Waals surface area contributed by atoms with Crippen molar-refractivity contribution in [1.29, 1.82) is 0 Å². The molecule has 1 aliphatic rings. The maximum atomic E-state index is 12.1. The Bertz CT molecular complexity index is 422. The van der Waals surface area contributed by atoms with Crippen molar-refractivity contribution < 1.29 is 8.42 Å².